The standard InChI is InChI=1S/C18H24N2O2S/c1-11(2)19-18-20(12(3)4)17(21)16(23-18)10-14-7-8-15(22-6)13(5)9-14/h7-12H,1-6H3/b16-10+,19-18?. The number of nitrogens with zero attached hydrogens (tertiary/aromatic N) is 2. The van der Waals surface area contributed by atoms with Crippen molar-refractivity contribution in [2.75, 3.05) is 7.11 Å². The molecule has 5 heteroatoms. The van der Waals surface area contributed by atoms with Crippen molar-refractivity contribution < 1.29 is 9.53 Å². The van der Waals surface area contributed by atoms with Gasteiger partial charge in [0.15, 0.2) is 5.17 Å². The van der Waals surface area contributed by atoms with Crippen LogP contribution in [0.2, 0.25) is 0 Å². The summed E-state index contributed by atoms with van der Waals surface area (Å²) in [5, 5.41) is 0.788. The van der Waals surface area contributed by atoms with E-state index in [1.807, 2.05) is 58.9 Å². The molecule has 0 atom stereocenters. The van der Waals surface area contributed by atoms with Crippen LogP contribution in [0.25, 0.3) is 6.08 Å². The number of carbonyl (C=O) groups is 1. The smallest absolute Gasteiger partial charge is 0.266 e. The molecule has 1 aromatic carbocycles. The van der Waals surface area contributed by atoms with E-state index in [9.17, 15) is 4.79 Å². The van der Waals surface area contributed by atoms with Crippen molar-refractivity contribution in [3.63, 3.8) is 0 Å². The van der Waals surface area contributed by atoms with Crippen molar-refractivity contribution in [2.45, 2.75) is 46.7 Å². The highest BCUT2D eigenvalue weighted by molar-refractivity contribution is 8.18. The maximum absolute atomic E-state index is 12.7. The van der Waals surface area contributed by atoms with Gasteiger partial charge in [-0.05, 0) is 75.7 Å². The van der Waals surface area contributed by atoms with Gasteiger partial charge in [0, 0.05) is 12.1 Å². The van der Waals surface area contributed by atoms with Crippen molar-refractivity contribution in [3.8, 4) is 5.75 Å². The second-order valence-corrected chi connectivity index (χ2v) is 7.12. The maximum atomic E-state index is 12.7. The van der Waals surface area contributed by atoms with Crippen molar-refractivity contribution in [1.29, 1.82) is 0 Å². The molecule has 0 spiro atoms. The van der Waals surface area contributed by atoms with Crippen molar-refractivity contribution >= 4 is 28.9 Å². The molecule has 0 N–H and O–H groups in total. The lowest BCUT2D eigenvalue weighted by Crippen LogP contribution is -2.35. The first-order valence-electron chi connectivity index (χ1n) is 7.79. The number of hydrogen-bond acceptors (Lipinski definition) is 4. The van der Waals surface area contributed by atoms with Gasteiger partial charge >= 0.3 is 0 Å². The number of benzene rings is 1. The van der Waals surface area contributed by atoms with Crippen LogP contribution in [0.1, 0.15) is 38.8 Å². The van der Waals surface area contributed by atoms with Gasteiger partial charge in [-0.2, -0.15) is 0 Å². The Bertz CT molecular complexity index is 663. The lowest BCUT2D eigenvalue weighted by molar-refractivity contribution is -0.123. The minimum atomic E-state index is 0.0258. The minimum Gasteiger partial charge on any atom is -0.496 e. The first-order valence-corrected chi connectivity index (χ1v) is 8.60. The molecule has 4 nitrogen and oxygen atoms in total. The Hall–Kier alpha value is -1.75. The fourth-order valence-electron chi connectivity index (χ4n) is 2.40. The molecule has 23 heavy (non-hydrogen) atoms. The summed E-state index contributed by atoms with van der Waals surface area (Å²) in [5.74, 6) is 0.876. The number of rotatable bonds is 4. The third-order valence-electron chi connectivity index (χ3n) is 3.44. The van der Waals surface area contributed by atoms with Gasteiger partial charge in [-0.1, -0.05) is 6.07 Å². The van der Waals surface area contributed by atoms with Crippen LogP contribution in [-0.4, -0.2) is 35.2 Å². The first-order chi connectivity index (χ1) is 10.8. The molecule has 0 aromatic heterocycles. The van der Waals surface area contributed by atoms with Gasteiger partial charge in [0.2, 0.25) is 0 Å². The molecular weight excluding hydrogens is 308 g/mol. The second kappa shape index (κ2) is 7.21. The second-order valence-electron chi connectivity index (χ2n) is 6.11. The molecule has 0 saturated carbocycles. The Morgan fingerprint density at radius 1 is 1.26 bits per heavy atom. The molecule has 124 valence electrons. The number of thioether (sulfide) groups is 1. The Morgan fingerprint density at radius 2 is 1.96 bits per heavy atom. The number of amides is 1. The van der Waals surface area contributed by atoms with Gasteiger partial charge in [-0.15, -0.1) is 0 Å². The van der Waals surface area contributed by atoms with Crippen LogP contribution in [0.4, 0.5) is 0 Å². The number of ether oxygens (including phenoxy) is 1. The summed E-state index contributed by atoms with van der Waals surface area (Å²) >= 11 is 1.45. The molecule has 1 aromatic rings. The molecule has 2 rings (SSSR count). The lowest BCUT2D eigenvalue weighted by Gasteiger charge is -2.20. The van der Waals surface area contributed by atoms with Crippen LogP contribution >= 0.6 is 11.8 Å². The van der Waals surface area contributed by atoms with E-state index in [1.165, 1.54) is 11.8 Å². The number of aliphatic imine (C=N–C) groups is 1. The van der Waals surface area contributed by atoms with Gasteiger partial charge in [-0.3, -0.25) is 14.7 Å². The molecule has 0 radical (unpaired) electrons. The first kappa shape index (κ1) is 17.6. The summed E-state index contributed by atoms with van der Waals surface area (Å²) in [7, 11) is 1.66. The van der Waals surface area contributed by atoms with Gasteiger partial charge < -0.3 is 4.74 Å². The largest absolute Gasteiger partial charge is 0.496 e. The molecule has 1 saturated heterocycles. The fraction of sp³-hybridized carbons (Fsp3) is 0.444. The summed E-state index contributed by atoms with van der Waals surface area (Å²) in [5.41, 5.74) is 2.04. The van der Waals surface area contributed by atoms with E-state index >= 15 is 0 Å². The zero-order valence-electron chi connectivity index (χ0n) is 14.6. The molecule has 0 bridgehead atoms. The average molecular weight is 332 g/mol. The van der Waals surface area contributed by atoms with Crippen LogP contribution < -0.4 is 4.74 Å². The molecule has 1 amide bonds. The third-order valence-corrected chi connectivity index (χ3v) is 4.44. The van der Waals surface area contributed by atoms with Crippen LogP contribution in [0.3, 0.4) is 0 Å². The quantitative estimate of drug-likeness (QED) is 0.780. The highest BCUT2D eigenvalue weighted by atomic mass is 32.2. The zero-order chi connectivity index (χ0) is 17.1. The van der Waals surface area contributed by atoms with Crippen LogP contribution in [0.15, 0.2) is 28.1 Å². The van der Waals surface area contributed by atoms with Crippen LogP contribution in [0, 0.1) is 6.92 Å². The molecule has 0 aliphatic carbocycles. The molecule has 1 aliphatic rings. The average Bonchev–Trinajstić information content (AvgIpc) is 2.74. The zero-order valence-corrected chi connectivity index (χ0v) is 15.4. The third kappa shape index (κ3) is 3.96. The van der Waals surface area contributed by atoms with E-state index in [0.29, 0.717) is 4.91 Å². The summed E-state index contributed by atoms with van der Waals surface area (Å²) in [6.07, 6.45) is 1.93. The van der Waals surface area contributed by atoms with E-state index in [2.05, 4.69) is 4.99 Å². The molecule has 0 unspecified atom stereocenters. The van der Waals surface area contributed by atoms with Crippen LogP contribution in [0.5, 0.6) is 5.75 Å². The van der Waals surface area contributed by atoms with E-state index in [0.717, 1.165) is 22.0 Å². The Morgan fingerprint density at radius 3 is 2.48 bits per heavy atom. The Kier molecular flexibility index (Phi) is 5.52. The van der Waals surface area contributed by atoms with E-state index in [4.69, 9.17) is 4.74 Å². The topological polar surface area (TPSA) is 41.9 Å². The molecule has 1 aliphatic heterocycles. The number of aryl methyl sites for hydroxylation is 1. The summed E-state index contributed by atoms with van der Waals surface area (Å²) in [6, 6.07) is 6.17. The molecule has 1 heterocycles. The van der Waals surface area contributed by atoms with Crippen molar-refractivity contribution in [2.24, 2.45) is 4.99 Å². The highest BCUT2D eigenvalue weighted by Gasteiger charge is 2.35. The van der Waals surface area contributed by atoms with E-state index in [-0.39, 0.29) is 18.0 Å². The number of methoxy groups -OCH3 is 1. The number of amidine groups is 1. The van der Waals surface area contributed by atoms with E-state index in [1.54, 1.807) is 12.0 Å². The SMILES string of the molecule is COc1ccc(/C=C2/SC(=NC(C)C)N(C(C)C)C2=O)cc1C. The van der Waals surface area contributed by atoms with Gasteiger partial charge in [0.05, 0.1) is 12.0 Å². The summed E-state index contributed by atoms with van der Waals surface area (Å²) in [6.45, 7) is 10.1. The number of hydrogen-bond donors (Lipinski definition) is 0. The minimum absolute atomic E-state index is 0.0258. The van der Waals surface area contributed by atoms with Gasteiger partial charge in [-0.25, -0.2) is 0 Å². The maximum Gasteiger partial charge on any atom is 0.266 e. The predicted octanol–water partition coefficient (Wildman–Crippen LogP) is 4.09. The monoisotopic (exact) mass is 332 g/mol. The van der Waals surface area contributed by atoms with Crippen LogP contribution in [-0.2, 0) is 4.79 Å². The highest BCUT2D eigenvalue weighted by Crippen LogP contribution is 2.34. The van der Waals surface area contributed by atoms with Gasteiger partial charge in [0.25, 0.3) is 5.91 Å². The van der Waals surface area contributed by atoms with Crippen molar-refractivity contribution in [1.82, 2.24) is 4.90 Å². The van der Waals surface area contributed by atoms with E-state index < -0.39 is 0 Å². The lowest BCUT2D eigenvalue weighted by atomic mass is 10.1. The molecular formula is C18H24N2O2S. The fourth-order valence-corrected chi connectivity index (χ4v) is 3.63. The molecule has 1 fully saturated rings. The Labute approximate surface area is 142 Å². The predicted molar refractivity (Wildman–Crippen MR) is 97.9 cm³/mol. The van der Waals surface area contributed by atoms with Crippen molar-refractivity contribution in [3.05, 3.63) is 34.2 Å². The Balaban J connectivity index is 2.36. The summed E-state index contributed by atoms with van der Waals surface area (Å²) < 4.78 is 5.28. The normalized spacial score (nSPS) is 18.8. The summed E-state index contributed by atoms with van der Waals surface area (Å²) in [4.78, 5) is 19.8. The number of carbonyl (C=O) groups excluding carboxylic acids is 1. The van der Waals surface area contributed by atoms with Gasteiger partial charge in [0.1, 0.15) is 5.75 Å².